The minimum Gasteiger partial charge on any atom is -0.342 e. The van der Waals surface area contributed by atoms with E-state index in [1.54, 1.807) is 0 Å². The van der Waals surface area contributed by atoms with Crippen molar-refractivity contribution in [2.45, 2.75) is 43.5 Å². The average molecular weight is 343 g/mol. The molecule has 2 rings (SSSR count). The van der Waals surface area contributed by atoms with Gasteiger partial charge < -0.3 is 10.2 Å². The molecule has 0 spiro atoms. The van der Waals surface area contributed by atoms with Crippen LogP contribution in [0.5, 0.6) is 0 Å². The molecule has 0 bridgehead atoms. The third-order valence-electron chi connectivity index (χ3n) is 2.89. The van der Waals surface area contributed by atoms with Gasteiger partial charge >= 0.3 is 6.03 Å². The van der Waals surface area contributed by atoms with Crippen LogP contribution in [0.15, 0.2) is 4.34 Å². The second kappa shape index (κ2) is 7.28. The highest BCUT2D eigenvalue weighted by Gasteiger charge is 2.19. The highest BCUT2D eigenvalue weighted by Crippen LogP contribution is 2.26. The van der Waals surface area contributed by atoms with Crippen LogP contribution in [0, 0.1) is 0 Å². The van der Waals surface area contributed by atoms with Gasteiger partial charge in [-0.15, -0.1) is 10.2 Å². The quantitative estimate of drug-likeness (QED) is 0.646. The molecule has 2 N–H and O–H groups in total. The Bertz CT molecular complexity index is 535. The fraction of sp³-hybridized carbons (Fsp3) is 0.692. The van der Waals surface area contributed by atoms with Gasteiger partial charge in [0.15, 0.2) is 4.34 Å². The third kappa shape index (κ3) is 5.45. The first-order chi connectivity index (χ1) is 10.3. The van der Waals surface area contributed by atoms with Gasteiger partial charge in [-0.2, -0.15) is 0 Å². The van der Waals surface area contributed by atoms with Crippen molar-refractivity contribution in [2.75, 3.05) is 24.2 Å². The molecular formula is C13H21N5O2S2. The zero-order valence-electron chi connectivity index (χ0n) is 13.0. The van der Waals surface area contributed by atoms with Crippen molar-refractivity contribution in [3.05, 3.63) is 0 Å². The van der Waals surface area contributed by atoms with Gasteiger partial charge in [0.1, 0.15) is 0 Å². The van der Waals surface area contributed by atoms with Crippen molar-refractivity contribution in [1.82, 2.24) is 20.4 Å². The van der Waals surface area contributed by atoms with E-state index in [1.165, 1.54) is 23.1 Å². The maximum absolute atomic E-state index is 11.9. The van der Waals surface area contributed by atoms with E-state index in [0.717, 1.165) is 25.9 Å². The van der Waals surface area contributed by atoms with Crippen molar-refractivity contribution >= 4 is 40.2 Å². The van der Waals surface area contributed by atoms with E-state index in [2.05, 4.69) is 20.8 Å². The lowest BCUT2D eigenvalue weighted by Crippen LogP contribution is -2.43. The van der Waals surface area contributed by atoms with E-state index >= 15 is 0 Å². The number of urea groups is 1. The summed E-state index contributed by atoms with van der Waals surface area (Å²) >= 11 is 2.63. The molecule has 1 fully saturated rings. The molecule has 3 amide bonds. The van der Waals surface area contributed by atoms with Gasteiger partial charge in [0.05, 0.1) is 5.75 Å². The molecule has 0 aromatic carbocycles. The molecule has 0 unspecified atom stereocenters. The normalized spacial score (nSPS) is 15.0. The summed E-state index contributed by atoms with van der Waals surface area (Å²) in [6.45, 7) is 7.42. The first-order valence-electron chi connectivity index (χ1n) is 7.17. The zero-order chi connectivity index (χ0) is 16.2. The second-order valence-corrected chi connectivity index (χ2v) is 8.28. The Balaban J connectivity index is 1.78. The van der Waals surface area contributed by atoms with Gasteiger partial charge in [0.2, 0.25) is 11.0 Å². The van der Waals surface area contributed by atoms with Gasteiger partial charge in [0, 0.05) is 18.6 Å². The van der Waals surface area contributed by atoms with Gasteiger partial charge in [-0.3, -0.25) is 10.1 Å². The predicted octanol–water partition coefficient (Wildman–Crippen LogP) is 2.17. The van der Waals surface area contributed by atoms with Crippen LogP contribution in [0.3, 0.4) is 0 Å². The molecule has 1 saturated heterocycles. The number of hydrogen-bond donors (Lipinski definition) is 2. The van der Waals surface area contributed by atoms with Crippen LogP contribution >= 0.6 is 23.1 Å². The van der Waals surface area contributed by atoms with E-state index in [-0.39, 0.29) is 17.5 Å². The number of anilines is 1. The molecular weight excluding hydrogens is 322 g/mol. The number of nitrogens with one attached hydrogen (secondary N) is 2. The minimum atomic E-state index is -0.312. The summed E-state index contributed by atoms with van der Waals surface area (Å²) in [6, 6.07) is -0.312. The molecule has 122 valence electrons. The summed E-state index contributed by atoms with van der Waals surface area (Å²) in [5.74, 6) is 0.501. The molecule has 2 heterocycles. The lowest BCUT2D eigenvalue weighted by atomic mass is 10.1. The molecule has 0 atom stereocenters. The Labute approximate surface area is 138 Å². The highest BCUT2D eigenvalue weighted by atomic mass is 32.2. The van der Waals surface area contributed by atoms with E-state index in [1.807, 2.05) is 25.7 Å². The molecule has 0 saturated carbocycles. The smallest absolute Gasteiger partial charge is 0.321 e. The minimum absolute atomic E-state index is 0.137. The summed E-state index contributed by atoms with van der Waals surface area (Å²) in [6.07, 6.45) is 2.18. The largest absolute Gasteiger partial charge is 0.342 e. The predicted molar refractivity (Wildman–Crippen MR) is 88.4 cm³/mol. The summed E-state index contributed by atoms with van der Waals surface area (Å²) in [5.41, 5.74) is -0.311. The Morgan fingerprint density at radius 1 is 1.27 bits per heavy atom. The Morgan fingerprint density at radius 2 is 1.95 bits per heavy atom. The van der Waals surface area contributed by atoms with Crippen LogP contribution in [-0.4, -0.2) is 51.4 Å². The third-order valence-corrected chi connectivity index (χ3v) is 4.85. The summed E-state index contributed by atoms with van der Waals surface area (Å²) in [4.78, 5) is 25.5. The number of rotatable bonds is 4. The average Bonchev–Trinajstić information content (AvgIpc) is 3.04. The lowest BCUT2D eigenvalue weighted by molar-refractivity contribution is -0.127. The van der Waals surface area contributed by atoms with E-state index < -0.39 is 0 Å². The number of thioether (sulfide) groups is 1. The Morgan fingerprint density at radius 3 is 2.59 bits per heavy atom. The van der Waals surface area contributed by atoms with Crippen molar-refractivity contribution in [3.8, 4) is 0 Å². The zero-order valence-corrected chi connectivity index (χ0v) is 14.6. The first-order valence-corrected chi connectivity index (χ1v) is 8.97. The molecule has 1 aromatic heterocycles. The summed E-state index contributed by atoms with van der Waals surface area (Å²) in [5, 5.41) is 13.8. The molecule has 0 radical (unpaired) electrons. The maximum atomic E-state index is 11.9. The van der Waals surface area contributed by atoms with Crippen LogP contribution in [0.2, 0.25) is 0 Å². The van der Waals surface area contributed by atoms with E-state index in [9.17, 15) is 9.59 Å². The van der Waals surface area contributed by atoms with Crippen molar-refractivity contribution in [2.24, 2.45) is 0 Å². The second-order valence-electron chi connectivity index (χ2n) is 6.08. The molecule has 22 heavy (non-hydrogen) atoms. The molecule has 9 heteroatoms. The van der Waals surface area contributed by atoms with Crippen LogP contribution < -0.4 is 10.6 Å². The van der Waals surface area contributed by atoms with Crippen LogP contribution in [0.4, 0.5) is 9.93 Å². The summed E-state index contributed by atoms with van der Waals surface area (Å²) in [7, 11) is 0. The van der Waals surface area contributed by atoms with Crippen molar-refractivity contribution < 1.29 is 9.59 Å². The molecule has 1 aliphatic rings. The molecule has 1 aliphatic heterocycles. The Kier molecular flexibility index (Phi) is 5.63. The number of aromatic nitrogens is 2. The highest BCUT2D eigenvalue weighted by molar-refractivity contribution is 8.01. The van der Waals surface area contributed by atoms with Crippen molar-refractivity contribution in [1.29, 1.82) is 0 Å². The van der Waals surface area contributed by atoms with Crippen molar-refractivity contribution in [3.63, 3.8) is 0 Å². The van der Waals surface area contributed by atoms with Crippen LogP contribution in [0.25, 0.3) is 0 Å². The fourth-order valence-corrected chi connectivity index (χ4v) is 3.62. The number of carbonyl (C=O) groups is 2. The molecule has 0 aliphatic carbocycles. The summed E-state index contributed by atoms with van der Waals surface area (Å²) < 4.78 is 0.679. The number of nitrogens with zero attached hydrogens (tertiary/aromatic N) is 3. The topological polar surface area (TPSA) is 87.2 Å². The van der Waals surface area contributed by atoms with E-state index in [4.69, 9.17) is 0 Å². The SMILES string of the molecule is CC(C)(C)NC(=O)Nc1nnc(SCC(=O)N2CCCC2)s1. The van der Waals surface area contributed by atoms with Gasteiger partial charge in [-0.25, -0.2) is 4.79 Å². The Hall–Kier alpha value is -1.35. The lowest BCUT2D eigenvalue weighted by Gasteiger charge is -2.19. The molecule has 7 nitrogen and oxygen atoms in total. The number of carbonyl (C=O) groups excluding carboxylic acids is 2. The van der Waals surface area contributed by atoms with E-state index in [0.29, 0.717) is 15.2 Å². The fourth-order valence-electron chi connectivity index (χ4n) is 1.97. The van der Waals surface area contributed by atoms with Gasteiger partial charge in [0.25, 0.3) is 0 Å². The van der Waals surface area contributed by atoms with Crippen LogP contribution in [-0.2, 0) is 4.79 Å². The first kappa shape index (κ1) is 17.0. The number of hydrogen-bond acceptors (Lipinski definition) is 6. The monoisotopic (exact) mass is 343 g/mol. The standard InChI is InChI=1S/C13H21N5O2S2/c1-13(2,3)15-10(20)14-11-16-17-12(22-11)21-8-9(19)18-6-4-5-7-18/h4-8H2,1-3H3,(H2,14,15,16,20). The maximum Gasteiger partial charge on any atom is 0.321 e. The number of likely N-dealkylation sites (tertiary alicyclic amines) is 1. The van der Waals surface area contributed by atoms with Gasteiger partial charge in [-0.1, -0.05) is 23.1 Å². The number of amides is 3. The molecule has 1 aromatic rings. The van der Waals surface area contributed by atoms with Gasteiger partial charge in [-0.05, 0) is 33.6 Å². The van der Waals surface area contributed by atoms with Crippen LogP contribution in [0.1, 0.15) is 33.6 Å².